The van der Waals surface area contributed by atoms with Crippen LogP contribution >= 0.6 is 0 Å². The van der Waals surface area contributed by atoms with E-state index in [-0.39, 0.29) is 11.9 Å². The van der Waals surface area contributed by atoms with Crippen molar-refractivity contribution >= 4 is 5.91 Å². The third kappa shape index (κ3) is 5.91. The van der Waals surface area contributed by atoms with Crippen LogP contribution in [0.25, 0.3) is 0 Å². The van der Waals surface area contributed by atoms with Crippen molar-refractivity contribution in [2.45, 2.75) is 52.6 Å². The van der Waals surface area contributed by atoms with Crippen molar-refractivity contribution in [2.75, 3.05) is 32.7 Å². The van der Waals surface area contributed by atoms with E-state index >= 15 is 0 Å². The molecule has 1 fully saturated rings. The lowest BCUT2D eigenvalue weighted by atomic mass is 10.0. The molecule has 0 radical (unpaired) electrons. The van der Waals surface area contributed by atoms with Gasteiger partial charge in [0.1, 0.15) is 0 Å². The zero-order chi connectivity index (χ0) is 17.5. The minimum absolute atomic E-state index is 0.155. The summed E-state index contributed by atoms with van der Waals surface area (Å²) < 4.78 is 0. The Morgan fingerprint density at radius 3 is 2.17 bits per heavy atom. The summed E-state index contributed by atoms with van der Waals surface area (Å²) >= 11 is 0. The molecule has 4 nitrogen and oxygen atoms in total. The van der Waals surface area contributed by atoms with Gasteiger partial charge in [-0.05, 0) is 30.4 Å². The van der Waals surface area contributed by atoms with Crippen molar-refractivity contribution in [2.24, 2.45) is 0 Å². The minimum Gasteiger partial charge on any atom is -0.353 e. The monoisotopic (exact) mass is 331 g/mol. The second-order valence-electron chi connectivity index (χ2n) is 7.33. The Kier molecular flexibility index (Phi) is 7.25. The van der Waals surface area contributed by atoms with Gasteiger partial charge in [-0.2, -0.15) is 0 Å². The highest BCUT2D eigenvalue weighted by Gasteiger charge is 2.19. The summed E-state index contributed by atoms with van der Waals surface area (Å²) in [6.45, 7) is 14.1. The lowest BCUT2D eigenvalue weighted by molar-refractivity contribution is -0.123. The number of hydrogen-bond acceptors (Lipinski definition) is 3. The number of nitrogens with zero attached hydrogens (tertiary/aromatic N) is 2. The molecule has 134 valence electrons. The van der Waals surface area contributed by atoms with Crippen LogP contribution in [0.3, 0.4) is 0 Å². The molecule has 0 aromatic heterocycles. The van der Waals surface area contributed by atoms with Gasteiger partial charge in [0, 0.05) is 38.8 Å². The lowest BCUT2D eigenvalue weighted by Gasteiger charge is -2.34. The average Bonchev–Trinajstić information content (AvgIpc) is 2.57. The maximum atomic E-state index is 12.0. The van der Waals surface area contributed by atoms with E-state index in [1.807, 2.05) is 0 Å². The van der Waals surface area contributed by atoms with Crippen LogP contribution in [-0.2, 0) is 11.3 Å². The van der Waals surface area contributed by atoms with Crippen molar-refractivity contribution in [1.29, 1.82) is 0 Å². The highest BCUT2D eigenvalue weighted by Crippen LogP contribution is 2.16. The molecule has 0 aliphatic carbocycles. The fourth-order valence-corrected chi connectivity index (χ4v) is 3.00. The molecule has 0 saturated carbocycles. The zero-order valence-corrected chi connectivity index (χ0v) is 15.7. The predicted octanol–water partition coefficient (Wildman–Crippen LogP) is 2.84. The maximum Gasteiger partial charge on any atom is 0.234 e. The topological polar surface area (TPSA) is 35.6 Å². The van der Waals surface area contributed by atoms with Crippen molar-refractivity contribution in [1.82, 2.24) is 15.1 Å². The van der Waals surface area contributed by atoms with Crippen LogP contribution in [0, 0.1) is 0 Å². The zero-order valence-electron chi connectivity index (χ0n) is 15.7. The fraction of sp³-hybridized carbons (Fsp3) is 0.650. The Bertz CT molecular complexity index is 504. The van der Waals surface area contributed by atoms with Crippen LogP contribution in [0.15, 0.2) is 24.3 Å². The van der Waals surface area contributed by atoms with Crippen molar-refractivity contribution in [3.8, 4) is 0 Å². The Morgan fingerprint density at radius 2 is 1.62 bits per heavy atom. The SMILES string of the molecule is CCC(C)NC(=O)CN1CCN(Cc2ccc(C(C)C)cc2)CC1. The Hall–Kier alpha value is -1.39. The first-order valence-electron chi connectivity index (χ1n) is 9.30. The van der Waals surface area contributed by atoms with Gasteiger partial charge in [-0.15, -0.1) is 0 Å². The Labute approximate surface area is 147 Å². The van der Waals surface area contributed by atoms with Crippen molar-refractivity contribution in [3.05, 3.63) is 35.4 Å². The molecular formula is C20H33N3O. The van der Waals surface area contributed by atoms with Crippen molar-refractivity contribution < 1.29 is 4.79 Å². The van der Waals surface area contributed by atoms with Gasteiger partial charge in [-0.3, -0.25) is 14.6 Å². The first-order chi connectivity index (χ1) is 11.5. The molecule has 0 spiro atoms. The fourth-order valence-electron chi connectivity index (χ4n) is 3.00. The molecule has 4 heteroatoms. The third-order valence-corrected chi connectivity index (χ3v) is 4.90. The van der Waals surface area contributed by atoms with E-state index in [9.17, 15) is 4.79 Å². The first kappa shape index (κ1) is 18.9. The molecule has 1 aliphatic heterocycles. The van der Waals surface area contributed by atoms with E-state index in [4.69, 9.17) is 0 Å². The van der Waals surface area contributed by atoms with E-state index in [1.54, 1.807) is 0 Å². The summed E-state index contributed by atoms with van der Waals surface area (Å²) in [5.74, 6) is 0.742. The van der Waals surface area contributed by atoms with Gasteiger partial charge in [0.25, 0.3) is 0 Å². The molecule has 1 amide bonds. The standard InChI is InChI=1S/C20H33N3O/c1-5-17(4)21-20(24)15-23-12-10-22(11-13-23)14-18-6-8-19(9-7-18)16(2)3/h6-9,16-17H,5,10-15H2,1-4H3,(H,21,24). The predicted molar refractivity (Wildman–Crippen MR) is 100 cm³/mol. The number of nitrogens with one attached hydrogen (secondary N) is 1. The molecule has 1 N–H and O–H groups in total. The number of carbonyl (C=O) groups excluding carboxylic acids is 1. The van der Waals surface area contributed by atoms with Gasteiger partial charge in [0.05, 0.1) is 6.54 Å². The molecule has 1 aromatic rings. The van der Waals surface area contributed by atoms with E-state index < -0.39 is 0 Å². The van der Waals surface area contributed by atoms with Crippen LogP contribution in [0.2, 0.25) is 0 Å². The largest absolute Gasteiger partial charge is 0.353 e. The van der Waals surface area contributed by atoms with E-state index in [0.717, 1.165) is 39.1 Å². The Morgan fingerprint density at radius 1 is 1.04 bits per heavy atom. The van der Waals surface area contributed by atoms with Crippen LogP contribution in [0.4, 0.5) is 0 Å². The van der Waals surface area contributed by atoms with Crippen LogP contribution in [0.1, 0.15) is 51.2 Å². The summed E-state index contributed by atoms with van der Waals surface area (Å²) in [7, 11) is 0. The van der Waals surface area contributed by atoms with E-state index in [0.29, 0.717) is 12.5 Å². The van der Waals surface area contributed by atoms with Crippen molar-refractivity contribution in [3.63, 3.8) is 0 Å². The van der Waals surface area contributed by atoms with Gasteiger partial charge in [-0.1, -0.05) is 45.0 Å². The lowest BCUT2D eigenvalue weighted by Crippen LogP contribution is -2.49. The quantitative estimate of drug-likeness (QED) is 0.834. The maximum absolute atomic E-state index is 12.0. The first-order valence-corrected chi connectivity index (χ1v) is 9.30. The molecule has 1 heterocycles. The van der Waals surface area contributed by atoms with Gasteiger partial charge in [0.15, 0.2) is 0 Å². The molecular weight excluding hydrogens is 298 g/mol. The van der Waals surface area contributed by atoms with Gasteiger partial charge < -0.3 is 5.32 Å². The van der Waals surface area contributed by atoms with Crippen LogP contribution in [0.5, 0.6) is 0 Å². The average molecular weight is 332 g/mol. The summed E-state index contributed by atoms with van der Waals surface area (Å²) in [6, 6.07) is 9.26. The number of piperazine rings is 1. The van der Waals surface area contributed by atoms with Crippen LogP contribution in [-0.4, -0.2) is 54.5 Å². The Balaban J connectivity index is 1.73. The summed E-state index contributed by atoms with van der Waals surface area (Å²) in [5.41, 5.74) is 2.78. The molecule has 2 rings (SSSR count). The number of benzene rings is 1. The van der Waals surface area contributed by atoms with E-state index in [1.165, 1.54) is 11.1 Å². The number of rotatable bonds is 7. The molecule has 1 atom stereocenters. The second kappa shape index (κ2) is 9.19. The highest BCUT2D eigenvalue weighted by molar-refractivity contribution is 5.78. The number of hydrogen-bond donors (Lipinski definition) is 1. The van der Waals surface area contributed by atoms with Gasteiger partial charge >= 0.3 is 0 Å². The molecule has 1 saturated heterocycles. The molecule has 1 aliphatic rings. The minimum atomic E-state index is 0.155. The summed E-state index contributed by atoms with van der Waals surface area (Å²) in [4.78, 5) is 16.7. The number of carbonyl (C=O) groups is 1. The normalized spacial score (nSPS) is 17.9. The third-order valence-electron chi connectivity index (χ3n) is 4.90. The molecule has 0 bridgehead atoms. The second-order valence-corrected chi connectivity index (χ2v) is 7.33. The molecule has 24 heavy (non-hydrogen) atoms. The summed E-state index contributed by atoms with van der Waals surface area (Å²) in [6.07, 6.45) is 0.981. The van der Waals surface area contributed by atoms with Gasteiger partial charge in [0.2, 0.25) is 5.91 Å². The smallest absolute Gasteiger partial charge is 0.234 e. The molecule has 1 aromatic carbocycles. The number of amides is 1. The van der Waals surface area contributed by atoms with Gasteiger partial charge in [-0.25, -0.2) is 0 Å². The summed E-state index contributed by atoms with van der Waals surface area (Å²) in [5, 5.41) is 3.05. The van der Waals surface area contributed by atoms with Crippen LogP contribution < -0.4 is 5.32 Å². The van der Waals surface area contributed by atoms with E-state index in [2.05, 4.69) is 67.1 Å². The molecule has 1 unspecified atom stereocenters. The highest BCUT2D eigenvalue weighted by atomic mass is 16.2.